The Bertz CT molecular complexity index is 1130. The average molecular weight is 387 g/mol. The van der Waals surface area contributed by atoms with Crippen molar-refractivity contribution in [1.82, 2.24) is 9.38 Å². The van der Waals surface area contributed by atoms with Crippen LogP contribution in [0.2, 0.25) is 0 Å². The molecule has 7 heteroatoms. The molecular formula is C19H15ClN2O3S. The highest BCUT2D eigenvalue weighted by Gasteiger charge is 2.21. The summed E-state index contributed by atoms with van der Waals surface area (Å²) in [5.41, 5.74) is 2.56. The molecule has 0 spiro atoms. The highest BCUT2D eigenvalue weighted by Crippen LogP contribution is 2.34. The predicted octanol–water partition coefficient (Wildman–Crippen LogP) is 5.34. The molecule has 0 radical (unpaired) electrons. The van der Waals surface area contributed by atoms with Crippen LogP contribution in [0.5, 0.6) is 11.5 Å². The Kier molecular flexibility index (Phi) is 4.30. The van der Waals surface area contributed by atoms with Gasteiger partial charge < -0.3 is 9.84 Å². The zero-order chi connectivity index (χ0) is 18.3. The first-order valence-corrected chi connectivity index (χ1v) is 9.46. The van der Waals surface area contributed by atoms with E-state index in [9.17, 15) is 9.90 Å². The second-order valence-corrected chi connectivity index (χ2v) is 7.04. The molecule has 0 bridgehead atoms. The first kappa shape index (κ1) is 16.9. The molecule has 0 saturated carbocycles. The van der Waals surface area contributed by atoms with Gasteiger partial charge in [-0.3, -0.25) is 4.40 Å². The second-order valence-electron chi connectivity index (χ2n) is 5.76. The molecule has 0 saturated heterocycles. The van der Waals surface area contributed by atoms with E-state index in [-0.39, 0.29) is 5.69 Å². The van der Waals surface area contributed by atoms with E-state index in [4.69, 9.17) is 16.3 Å². The van der Waals surface area contributed by atoms with Gasteiger partial charge >= 0.3 is 5.97 Å². The van der Waals surface area contributed by atoms with Gasteiger partial charge in [-0.1, -0.05) is 36.5 Å². The molecule has 26 heavy (non-hydrogen) atoms. The number of imidazole rings is 1. The third-order valence-corrected chi connectivity index (χ3v) is 5.47. The Morgan fingerprint density at radius 2 is 2.12 bits per heavy atom. The number of carbonyl (C=O) groups is 1. The van der Waals surface area contributed by atoms with Crippen LogP contribution >= 0.6 is 22.9 Å². The van der Waals surface area contributed by atoms with Crippen LogP contribution in [0.15, 0.2) is 42.5 Å². The van der Waals surface area contributed by atoms with Crippen molar-refractivity contribution in [2.75, 3.05) is 0 Å². The molecule has 0 aliphatic carbocycles. The summed E-state index contributed by atoms with van der Waals surface area (Å²) in [6, 6.07) is 13.2. The van der Waals surface area contributed by atoms with Gasteiger partial charge in [0.05, 0.1) is 21.8 Å². The smallest absolute Gasteiger partial charge is 0.354 e. The van der Waals surface area contributed by atoms with Gasteiger partial charge in [-0.2, -0.15) is 0 Å². The molecule has 0 aliphatic rings. The topological polar surface area (TPSA) is 63.8 Å². The summed E-state index contributed by atoms with van der Waals surface area (Å²) >= 11 is 7.41. The number of aromatic carboxylic acids is 1. The van der Waals surface area contributed by atoms with Crippen LogP contribution in [0.4, 0.5) is 0 Å². The summed E-state index contributed by atoms with van der Waals surface area (Å²) in [5, 5.41) is 9.58. The van der Waals surface area contributed by atoms with Crippen LogP contribution in [0.1, 0.15) is 28.7 Å². The maximum Gasteiger partial charge on any atom is 0.354 e. The van der Waals surface area contributed by atoms with E-state index >= 15 is 0 Å². The summed E-state index contributed by atoms with van der Waals surface area (Å²) in [6.45, 7) is 1.90. The zero-order valence-corrected chi connectivity index (χ0v) is 15.5. The highest BCUT2D eigenvalue weighted by atomic mass is 35.5. The minimum absolute atomic E-state index is 0.231. The normalized spacial score (nSPS) is 11.3. The number of thiazole rings is 1. The Balaban J connectivity index is 1.81. The minimum atomic E-state index is -0.967. The summed E-state index contributed by atoms with van der Waals surface area (Å²) in [7, 11) is 0. The number of halogens is 1. The molecule has 5 nitrogen and oxygen atoms in total. The molecule has 4 aromatic rings. The van der Waals surface area contributed by atoms with Crippen molar-refractivity contribution >= 4 is 44.1 Å². The van der Waals surface area contributed by atoms with Crippen LogP contribution in [0.3, 0.4) is 0 Å². The molecule has 0 amide bonds. The lowest BCUT2D eigenvalue weighted by molar-refractivity contribution is 0.0688. The van der Waals surface area contributed by atoms with Gasteiger partial charge in [0.25, 0.3) is 0 Å². The molecule has 4 rings (SSSR count). The molecule has 0 fully saturated rings. The second kappa shape index (κ2) is 6.63. The SMILES string of the molecule is CCc1nc2sc3cc(Oc4ccccc4CCl)ccc3n2c1C(=O)O. The van der Waals surface area contributed by atoms with E-state index in [1.807, 2.05) is 49.4 Å². The highest BCUT2D eigenvalue weighted by molar-refractivity contribution is 7.23. The summed E-state index contributed by atoms with van der Waals surface area (Å²) in [5.74, 6) is 0.785. The molecule has 0 unspecified atom stereocenters. The standard InChI is InChI=1S/C19H15ClN2O3S/c1-2-13-17(18(23)24)22-14-8-7-12(9-16(14)26-19(22)21-13)25-15-6-4-3-5-11(15)10-20/h3-9H,2,10H2,1H3,(H,23,24). The molecular weight excluding hydrogens is 372 g/mol. The molecule has 2 heterocycles. The first-order chi connectivity index (χ1) is 12.6. The minimum Gasteiger partial charge on any atom is -0.477 e. The lowest BCUT2D eigenvalue weighted by atomic mass is 10.2. The fourth-order valence-corrected chi connectivity index (χ4v) is 4.26. The number of nitrogens with zero attached hydrogens (tertiary/aromatic N) is 2. The van der Waals surface area contributed by atoms with Crippen molar-refractivity contribution in [3.8, 4) is 11.5 Å². The Morgan fingerprint density at radius 1 is 1.31 bits per heavy atom. The number of alkyl halides is 1. The largest absolute Gasteiger partial charge is 0.477 e. The fourth-order valence-electron chi connectivity index (χ4n) is 2.96. The van der Waals surface area contributed by atoms with E-state index < -0.39 is 5.97 Å². The van der Waals surface area contributed by atoms with Crippen LogP contribution in [0, 0.1) is 0 Å². The lowest BCUT2D eigenvalue weighted by Gasteiger charge is -2.09. The molecule has 0 atom stereocenters. The van der Waals surface area contributed by atoms with Gasteiger partial charge in [-0.15, -0.1) is 11.6 Å². The quantitative estimate of drug-likeness (QED) is 0.470. The summed E-state index contributed by atoms with van der Waals surface area (Å²) in [6.07, 6.45) is 0.577. The van der Waals surface area contributed by atoms with E-state index in [1.54, 1.807) is 4.40 Å². The summed E-state index contributed by atoms with van der Waals surface area (Å²) in [4.78, 5) is 16.8. The molecule has 132 valence electrons. The monoisotopic (exact) mass is 386 g/mol. The van der Waals surface area contributed by atoms with Gasteiger partial charge in [0.15, 0.2) is 10.7 Å². The fraction of sp³-hybridized carbons (Fsp3) is 0.158. The van der Waals surface area contributed by atoms with Gasteiger partial charge in [0, 0.05) is 11.6 Å². The van der Waals surface area contributed by atoms with Gasteiger partial charge in [0.1, 0.15) is 11.5 Å². The third-order valence-electron chi connectivity index (χ3n) is 4.17. The van der Waals surface area contributed by atoms with Gasteiger partial charge in [-0.25, -0.2) is 9.78 Å². The van der Waals surface area contributed by atoms with E-state index in [0.717, 1.165) is 15.8 Å². The number of aromatic nitrogens is 2. The number of fused-ring (bicyclic) bond motifs is 3. The zero-order valence-electron chi connectivity index (χ0n) is 13.9. The van der Waals surface area contributed by atoms with Crippen LogP contribution in [0.25, 0.3) is 15.2 Å². The van der Waals surface area contributed by atoms with Crippen LogP contribution < -0.4 is 4.74 Å². The Labute approximate surface area is 158 Å². The van der Waals surface area contributed by atoms with Crippen molar-refractivity contribution in [3.63, 3.8) is 0 Å². The number of aryl methyl sites for hydroxylation is 1. The molecule has 2 aromatic heterocycles. The van der Waals surface area contributed by atoms with Crippen molar-refractivity contribution < 1.29 is 14.6 Å². The van der Waals surface area contributed by atoms with Gasteiger partial charge in [0.2, 0.25) is 0 Å². The maximum atomic E-state index is 11.7. The van der Waals surface area contributed by atoms with Crippen LogP contribution in [-0.2, 0) is 12.3 Å². The number of para-hydroxylation sites is 1. The number of ether oxygens (including phenoxy) is 1. The van der Waals surface area contributed by atoms with E-state index in [1.165, 1.54) is 11.3 Å². The lowest BCUT2D eigenvalue weighted by Crippen LogP contribution is -2.04. The first-order valence-electron chi connectivity index (χ1n) is 8.11. The van der Waals surface area contributed by atoms with E-state index in [0.29, 0.717) is 34.5 Å². The van der Waals surface area contributed by atoms with Crippen molar-refractivity contribution in [2.24, 2.45) is 0 Å². The van der Waals surface area contributed by atoms with E-state index in [2.05, 4.69) is 4.98 Å². The number of hydrogen-bond acceptors (Lipinski definition) is 4. The van der Waals surface area contributed by atoms with Gasteiger partial charge in [-0.05, 0) is 24.6 Å². The Morgan fingerprint density at radius 3 is 2.85 bits per heavy atom. The van der Waals surface area contributed by atoms with Crippen molar-refractivity contribution in [1.29, 1.82) is 0 Å². The predicted molar refractivity (Wildman–Crippen MR) is 103 cm³/mol. The average Bonchev–Trinajstić information content (AvgIpc) is 3.16. The number of benzene rings is 2. The number of carboxylic acid groups (broad SMARTS) is 1. The summed E-state index contributed by atoms with van der Waals surface area (Å²) < 4.78 is 8.60. The van der Waals surface area contributed by atoms with Crippen LogP contribution in [-0.4, -0.2) is 20.5 Å². The third kappa shape index (κ3) is 2.71. The van der Waals surface area contributed by atoms with Crippen molar-refractivity contribution in [2.45, 2.75) is 19.2 Å². The maximum absolute atomic E-state index is 11.7. The Hall–Kier alpha value is -2.57. The van der Waals surface area contributed by atoms with Crippen molar-refractivity contribution in [3.05, 3.63) is 59.4 Å². The number of carboxylic acids is 1. The number of hydrogen-bond donors (Lipinski definition) is 1. The number of rotatable bonds is 5. The molecule has 2 aromatic carbocycles. The molecule has 1 N–H and O–H groups in total. The molecule has 0 aliphatic heterocycles.